The highest BCUT2D eigenvalue weighted by Gasteiger charge is 2.34. The highest BCUT2D eigenvalue weighted by atomic mass is 16.2. The average molecular weight is 378 g/mol. The number of imidazole rings is 1. The van der Waals surface area contributed by atoms with E-state index in [0.29, 0.717) is 25.6 Å². The number of hydrogen-bond donors (Lipinski definition) is 0. The number of benzene rings is 1. The Labute approximate surface area is 165 Å². The lowest BCUT2D eigenvalue weighted by atomic mass is 9.90. The van der Waals surface area contributed by atoms with E-state index in [1.54, 1.807) is 6.92 Å². The Morgan fingerprint density at radius 1 is 1.14 bits per heavy atom. The molecule has 1 aromatic heterocycles. The van der Waals surface area contributed by atoms with Crippen molar-refractivity contribution in [2.45, 2.75) is 57.7 Å². The van der Waals surface area contributed by atoms with Gasteiger partial charge in [0.15, 0.2) is 0 Å². The summed E-state index contributed by atoms with van der Waals surface area (Å²) < 4.78 is 2.31. The van der Waals surface area contributed by atoms with E-state index in [1.807, 2.05) is 28.3 Å². The van der Waals surface area contributed by atoms with Crippen molar-refractivity contribution in [2.75, 3.05) is 13.1 Å². The number of rotatable bonds is 3. The molecule has 0 bridgehead atoms. The summed E-state index contributed by atoms with van der Waals surface area (Å²) in [5.41, 5.74) is 4.72. The highest BCUT2D eigenvalue weighted by Crippen LogP contribution is 2.38. The predicted octanol–water partition coefficient (Wildman–Crippen LogP) is 2.64. The Kier molecular flexibility index (Phi) is 4.22. The summed E-state index contributed by atoms with van der Waals surface area (Å²) in [5, 5.41) is 0. The zero-order valence-corrected chi connectivity index (χ0v) is 16.3. The molecule has 2 amide bonds. The molecular formula is C22H26N4O2. The molecule has 5 rings (SSSR count). The van der Waals surface area contributed by atoms with Gasteiger partial charge in [0.05, 0.1) is 31.0 Å². The zero-order valence-electron chi connectivity index (χ0n) is 16.3. The van der Waals surface area contributed by atoms with Crippen LogP contribution in [0.25, 0.3) is 0 Å². The Bertz CT molecular complexity index is 930. The minimum atomic E-state index is -0.166. The molecule has 1 aromatic carbocycles. The molecule has 3 aliphatic rings. The molecule has 1 fully saturated rings. The van der Waals surface area contributed by atoms with E-state index in [0.717, 1.165) is 30.6 Å². The molecular weight excluding hydrogens is 352 g/mol. The maximum atomic E-state index is 13.2. The van der Waals surface area contributed by atoms with E-state index >= 15 is 0 Å². The lowest BCUT2D eigenvalue weighted by molar-refractivity contribution is -0.137. The van der Waals surface area contributed by atoms with Crippen LogP contribution >= 0.6 is 0 Å². The molecule has 2 aromatic rings. The van der Waals surface area contributed by atoms with Gasteiger partial charge in [-0.05, 0) is 30.4 Å². The van der Waals surface area contributed by atoms with Crippen LogP contribution in [0.3, 0.4) is 0 Å². The van der Waals surface area contributed by atoms with Crippen LogP contribution in [0.15, 0.2) is 30.6 Å². The average Bonchev–Trinajstić information content (AvgIpc) is 3.46. The fraction of sp³-hybridized carbons (Fsp3) is 0.500. The van der Waals surface area contributed by atoms with Crippen LogP contribution < -0.4 is 0 Å². The first-order valence-electron chi connectivity index (χ1n) is 10.3. The Balaban J connectivity index is 1.35. The van der Waals surface area contributed by atoms with Crippen molar-refractivity contribution in [1.82, 2.24) is 19.4 Å². The summed E-state index contributed by atoms with van der Waals surface area (Å²) >= 11 is 0. The predicted molar refractivity (Wildman–Crippen MR) is 105 cm³/mol. The summed E-state index contributed by atoms with van der Waals surface area (Å²) in [5.74, 6) is 0.149. The minimum absolute atomic E-state index is 0.0383. The molecule has 0 spiro atoms. The summed E-state index contributed by atoms with van der Waals surface area (Å²) in [7, 11) is 0. The fourth-order valence-electron chi connectivity index (χ4n) is 4.75. The van der Waals surface area contributed by atoms with Crippen LogP contribution in [0.2, 0.25) is 0 Å². The number of aromatic nitrogens is 2. The van der Waals surface area contributed by atoms with Crippen LogP contribution in [0.5, 0.6) is 0 Å². The number of hydrogen-bond acceptors (Lipinski definition) is 3. The molecule has 2 aliphatic heterocycles. The zero-order chi connectivity index (χ0) is 19.3. The normalized spacial score (nSPS) is 21.2. The quantitative estimate of drug-likeness (QED) is 0.825. The molecule has 0 radical (unpaired) electrons. The van der Waals surface area contributed by atoms with E-state index in [9.17, 15) is 9.59 Å². The monoisotopic (exact) mass is 378 g/mol. The number of carbonyl (C=O) groups excluding carboxylic acids is 2. The van der Waals surface area contributed by atoms with Crippen LogP contribution in [0, 0.1) is 0 Å². The standard InChI is InChI=1S/C22H26N4O2/c1-15(27)25-11-8-16-4-2-3-5-18(16)21(25)12-22(28)24-10-9-20-19(13-24)23-14-26(20)17-6-7-17/h2-5,14,17,21H,6-13H2,1H3. The van der Waals surface area contributed by atoms with Crippen molar-refractivity contribution in [3.8, 4) is 0 Å². The molecule has 146 valence electrons. The van der Waals surface area contributed by atoms with Crippen molar-refractivity contribution in [1.29, 1.82) is 0 Å². The fourth-order valence-corrected chi connectivity index (χ4v) is 4.75. The van der Waals surface area contributed by atoms with Gasteiger partial charge in [-0.25, -0.2) is 4.98 Å². The van der Waals surface area contributed by atoms with Gasteiger partial charge in [0.2, 0.25) is 11.8 Å². The first kappa shape index (κ1) is 17.5. The van der Waals surface area contributed by atoms with Gasteiger partial charge in [0.25, 0.3) is 0 Å². The molecule has 1 unspecified atom stereocenters. The van der Waals surface area contributed by atoms with Crippen molar-refractivity contribution < 1.29 is 9.59 Å². The third-order valence-corrected chi connectivity index (χ3v) is 6.42. The maximum Gasteiger partial charge on any atom is 0.225 e. The summed E-state index contributed by atoms with van der Waals surface area (Å²) in [4.78, 5) is 33.7. The van der Waals surface area contributed by atoms with Gasteiger partial charge in [0, 0.05) is 38.2 Å². The minimum Gasteiger partial charge on any atom is -0.336 e. The number of amides is 2. The van der Waals surface area contributed by atoms with Crippen LogP contribution in [-0.2, 0) is 29.0 Å². The Morgan fingerprint density at radius 2 is 1.96 bits per heavy atom. The van der Waals surface area contributed by atoms with Gasteiger partial charge >= 0.3 is 0 Å². The maximum absolute atomic E-state index is 13.2. The molecule has 0 N–H and O–H groups in total. The van der Waals surface area contributed by atoms with Crippen molar-refractivity contribution in [2.24, 2.45) is 0 Å². The van der Waals surface area contributed by atoms with E-state index in [4.69, 9.17) is 0 Å². The van der Waals surface area contributed by atoms with Gasteiger partial charge in [-0.2, -0.15) is 0 Å². The molecule has 1 atom stereocenters. The molecule has 3 heterocycles. The summed E-state index contributed by atoms with van der Waals surface area (Å²) in [6, 6.07) is 8.67. The first-order chi connectivity index (χ1) is 13.6. The summed E-state index contributed by atoms with van der Waals surface area (Å²) in [6.07, 6.45) is 6.50. The number of fused-ring (bicyclic) bond motifs is 2. The topological polar surface area (TPSA) is 58.4 Å². The van der Waals surface area contributed by atoms with Gasteiger partial charge in [-0.1, -0.05) is 24.3 Å². The third kappa shape index (κ3) is 3.01. The second-order valence-corrected chi connectivity index (χ2v) is 8.22. The van der Waals surface area contributed by atoms with Gasteiger partial charge in [0.1, 0.15) is 0 Å². The largest absolute Gasteiger partial charge is 0.336 e. The SMILES string of the molecule is CC(=O)N1CCc2ccccc2C1CC(=O)N1CCc2c(ncn2C2CC2)C1. The smallest absolute Gasteiger partial charge is 0.225 e. The van der Waals surface area contributed by atoms with Crippen molar-refractivity contribution in [3.05, 3.63) is 53.1 Å². The third-order valence-electron chi connectivity index (χ3n) is 6.42. The molecule has 0 saturated heterocycles. The summed E-state index contributed by atoms with van der Waals surface area (Å²) in [6.45, 7) is 3.60. The molecule has 6 nitrogen and oxygen atoms in total. The van der Waals surface area contributed by atoms with E-state index in [1.165, 1.54) is 24.1 Å². The van der Waals surface area contributed by atoms with Gasteiger partial charge < -0.3 is 14.4 Å². The Morgan fingerprint density at radius 3 is 2.75 bits per heavy atom. The first-order valence-corrected chi connectivity index (χ1v) is 10.3. The van der Waals surface area contributed by atoms with Crippen LogP contribution in [-0.4, -0.2) is 44.3 Å². The van der Waals surface area contributed by atoms with Crippen molar-refractivity contribution in [3.63, 3.8) is 0 Å². The second kappa shape index (κ2) is 6.76. The Hall–Kier alpha value is -2.63. The van der Waals surface area contributed by atoms with Crippen LogP contribution in [0.1, 0.15) is 60.8 Å². The second-order valence-electron chi connectivity index (χ2n) is 8.22. The van der Waals surface area contributed by atoms with E-state index in [-0.39, 0.29) is 17.9 Å². The lowest BCUT2D eigenvalue weighted by Crippen LogP contribution is -2.43. The van der Waals surface area contributed by atoms with Crippen LogP contribution in [0.4, 0.5) is 0 Å². The van der Waals surface area contributed by atoms with Crippen molar-refractivity contribution >= 4 is 11.8 Å². The number of nitrogens with zero attached hydrogens (tertiary/aromatic N) is 4. The molecule has 1 saturated carbocycles. The number of carbonyl (C=O) groups is 2. The lowest BCUT2D eigenvalue weighted by Gasteiger charge is -2.38. The van der Waals surface area contributed by atoms with E-state index < -0.39 is 0 Å². The molecule has 6 heteroatoms. The molecule has 28 heavy (non-hydrogen) atoms. The molecule has 1 aliphatic carbocycles. The van der Waals surface area contributed by atoms with Gasteiger partial charge in [-0.3, -0.25) is 9.59 Å². The van der Waals surface area contributed by atoms with E-state index in [2.05, 4.69) is 21.7 Å². The van der Waals surface area contributed by atoms with Gasteiger partial charge in [-0.15, -0.1) is 0 Å². The highest BCUT2D eigenvalue weighted by molar-refractivity contribution is 5.80.